The van der Waals surface area contributed by atoms with Crippen LogP contribution in [0.15, 0.2) is 0 Å². The maximum Gasteiger partial charge on any atom is 0.132 e. The maximum absolute atomic E-state index is 11.4. The first-order chi connectivity index (χ1) is 9.70. The Morgan fingerprint density at radius 3 is 1.90 bits per heavy atom. The van der Waals surface area contributed by atoms with E-state index in [2.05, 4.69) is 6.92 Å². The Bertz CT molecular complexity index is 280. The van der Waals surface area contributed by atoms with Crippen LogP contribution < -0.4 is 0 Å². The molecule has 0 unspecified atom stereocenters. The number of rotatable bonds is 6. The molecule has 2 saturated carbocycles. The first-order valence-corrected chi connectivity index (χ1v) is 9.21. The van der Waals surface area contributed by atoms with Crippen LogP contribution in [0.4, 0.5) is 0 Å². The second-order valence-corrected chi connectivity index (χ2v) is 7.50. The highest BCUT2D eigenvalue weighted by Gasteiger charge is 2.31. The summed E-state index contributed by atoms with van der Waals surface area (Å²) in [6.07, 6.45) is 16.7. The molecule has 20 heavy (non-hydrogen) atoms. The van der Waals surface area contributed by atoms with Crippen LogP contribution in [-0.2, 0) is 4.79 Å². The maximum atomic E-state index is 11.4. The van der Waals surface area contributed by atoms with Gasteiger partial charge >= 0.3 is 0 Å². The largest absolute Gasteiger partial charge is 0.300 e. The van der Waals surface area contributed by atoms with Crippen LogP contribution in [0.25, 0.3) is 0 Å². The lowest BCUT2D eigenvalue weighted by molar-refractivity contribution is -0.122. The summed E-state index contributed by atoms with van der Waals surface area (Å²) in [5.41, 5.74) is 0. The zero-order valence-electron chi connectivity index (χ0n) is 13.7. The number of hydrogen-bond donors (Lipinski definition) is 0. The van der Waals surface area contributed by atoms with E-state index in [1.54, 1.807) is 6.92 Å². The molecule has 116 valence electrons. The summed E-state index contributed by atoms with van der Waals surface area (Å²) in [6, 6.07) is 0. The van der Waals surface area contributed by atoms with Crippen molar-refractivity contribution in [1.29, 1.82) is 0 Å². The van der Waals surface area contributed by atoms with Crippen LogP contribution in [-0.4, -0.2) is 5.78 Å². The Hall–Kier alpha value is -0.330. The third-order valence-corrected chi connectivity index (χ3v) is 6.12. The van der Waals surface area contributed by atoms with Crippen molar-refractivity contribution in [2.24, 2.45) is 23.7 Å². The molecular weight excluding hydrogens is 244 g/mol. The van der Waals surface area contributed by atoms with Crippen LogP contribution in [0.3, 0.4) is 0 Å². The van der Waals surface area contributed by atoms with Crippen molar-refractivity contribution in [2.75, 3.05) is 0 Å². The lowest BCUT2D eigenvalue weighted by atomic mass is 9.68. The molecule has 0 atom stereocenters. The monoisotopic (exact) mass is 278 g/mol. The van der Waals surface area contributed by atoms with Crippen molar-refractivity contribution in [3.8, 4) is 0 Å². The predicted octanol–water partition coefficient (Wildman–Crippen LogP) is 5.77. The highest BCUT2D eigenvalue weighted by atomic mass is 16.1. The molecule has 0 aliphatic heterocycles. The number of carbonyl (C=O) groups excluding carboxylic acids is 1. The van der Waals surface area contributed by atoms with Gasteiger partial charge in [-0.25, -0.2) is 0 Å². The van der Waals surface area contributed by atoms with Crippen molar-refractivity contribution >= 4 is 5.78 Å². The van der Waals surface area contributed by atoms with Crippen molar-refractivity contribution < 1.29 is 4.79 Å². The molecule has 0 spiro atoms. The van der Waals surface area contributed by atoms with Crippen LogP contribution in [0.2, 0.25) is 0 Å². The second-order valence-electron chi connectivity index (χ2n) is 7.50. The summed E-state index contributed by atoms with van der Waals surface area (Å²) < 4.78 is 0. The molecule has 0 N–H and O–H groups in total. The molecule has 0 radical (unpaired) electrons. The Morgan fingerprint density at radius 1 is 0.850 bits per heavy atom. The average Bonchev–Trinajstić information content (AvgIpc) is 2.48. The molecule has 0 saturated heterocycles. The van der Waals surface area contributed by atoms with Gasteiger partial charge in [-0.3, -0.25) is 4.79 Å². The number of hydrogen-bond acceptors (Lipinski definition) is 1. The molecule has 1 heteroatoms. The molecular formula is C19H34O. The second kappa shape index (κ2) is 8.20. The lowest BCUT2D eigenvalue weighted by Crippen LogP contribution is -2.27. The fourth-order valence-electron chi connectivity index (χ4n) is 4.63. The molecule has 0 aromatic heterocycles. The summed E-state index contributed by atoms with van der Waals surface area (Å²) in [5.74, 6) is 3.80. The first-order valence-electron chi connectivity index (χ1n) is 9.21. The van der Waals surface area contributed by atoms with Gasteiger partial charge in [-0.15, -0.1) is 0 Å². The Labute approximate surface area is 125 Å². The summed E-state index contributed by atoms with van der Waals surface area (Å²) in [6.45, 7) is 4.08. The van der Waals surface area contributed by atoms with Gasteiger partial charge in [0.25, 0.3) is 0 Å². The van der Waals surface area contributed by atoms with Gasteiger partial charge in [0.15, 0.2) is 0 Å². The van der Waals surface area contributed by atoms with Gasteiger partial charge in [0, 0.05) is 5.92 Å². The number of carbonyl (C=O) groups is 1. The molecule has 2 aliphatic carbocycles. The highest BCUT2D eigenvalue weighted by molar-refractivity contribution is 5.78. The van der Waals surface area contributed by atoms with E-state index in [4.69, 9.17) is 0 Å². The zero-order valence-corrected chi connectivity index (χ0v) is 13.7. The van der Waals surface area contributed by atoms with E-state index in [-0.39, 0.29) is 0 Å². The standard InChI is InChI=1S/C19H34O/c1-3-4-5-6-16-7-9-18(10-8-16)19-13-11-17(12-14-19)15(2)20/h16-19H,3-14H2,1-2H3/t16-,17-,18-,19-. The third-order valence-electron chi connectivity index (χ3n) is 6.12. The van der Waals surface area contributed by atoms with Gasteiger partial charge in [0.1, 0.15) is 5.78 Å². The van der Waals surface area contributed by atoms with Crippen LogP contribution >= 0.6 is 0 Å². The van der Waals surface area contributed by atoms with Gasteiger partial charge in [-0.1, -0.05) is 45.4 Å². The first kappa shape index (κ1) is 16.0. The average molecular weight is 278 g/mol. The number of unbranched alkanes of at least 4 members (excludes halogenated alkanes) is 2. The van der Waals surface area contributed by atoms with Crippen LogP contribution in [0.1, 0.15) is 90.9 Å². The minimum atomic E-state index is 0.400. The van der Waals surface area contributed by atoms with Gasteiger partial charge in [-0.05, 0) is 63.2 Å². The van der Waals surface area contributed by atoms with E-state index in [1.807, 2.05) is 0 Å². The fraction of sp³-hybridized carbons (Fsp3) is 0.947. The SMILES string of the molecule is CCCCC[C@H]1CC[C@H]([C@H]2CC[C@H](C(C)=O)CC2)CC1. The molecule has 2 fully saturated rings. The number of Topliss-reactive ketones (excluding diaryl/α,β-unsaturated/α-hetero) is 1. The van der Waals surface area contributed by atoms with Gasteiger partial charge < -0.3 is 0 Å². The van der Waals surface area contributed by atoms with Crippen molar-refractivity contribution in [3.05, 3.63) is 0 Å². The van der Waals surface area contributed by atoms with Crippen molar-refractivity contribution in [3.63, 3.8) is 0 Å². The minimum absolute atomic E-state index is 0.400. The Morgan fingerprint density at radius 2 is 1.40 bits per heavy atom. The van der Waals surface area contributed by atoms with Crippen LogP contribution in [0, 0.1) is 23.7 Å². The molecule has 0 aromatic carbocycles. The molecule has 0 aromatic rings. The fourth-order valence-corrected chi connectivity index (χ4v) is 4.63. The van der Waals surface area contributed by atoms with E-state index >= 15 is 0 Å². The summed E-state index contributed by atoms with van der Waals surface area (Å²) in [5, 5.41) is 0. The molecule has 0 amide bonds. The smallest absolute Gasteiger partial charge is 0.132 e. The van der Waals surface area contributed by atoms with E-state index in [0.717, 1.165) is 17.8 Å². The molecule has 0 bridgehead atoms. The normalized spacial score (nSPS) is 34.9. The van der Waals surface area contributed by atoms with E-state index in [0.29, 0.717) is 11.7 Å². The van der Waals surface area contributed by atoms with Gasteiger partial charge in [0.05, 0.1) is 0 Å². The highest BCUT2D eigenvalue weighted by Crippen LogP contribution is 2.42. The van der Waals surface area contributed by atoms with Gasteiger partial charge in [-0.2, -0.15) is 0 Å². The number of ketones is 1. The third kappa shape index (κ3) is 4.60. The molecule has 1 nitrogen and oxygen atoms in total. The van der Waals surface area contributed by atoms with E-state index in [1.165, 1.54) is 77.0 Å². The van der Waals surface area contributed by atoms with E-state index in [9.17, 15) is 4.79 Å². The molecule has 2 rings (SSSR count). The Balaban J connectivity index is 1.65. The van der Waals surface area contributed by atoms with Crippen molar-refractivity contribution in [2.45, 2.75) is 90.9 Å². The molecule has 2 aliphatic rings. The topological polar surface area (TPSA) is 17.1 Å². The summed E-state index contributed by atoms with van der Waals surface area (Å²) in [7, 11) is 0. The quantitative estimate of drug-likeness (QED) is 0.564. The zero-order chi connectivity index (χ0) is 14.4. The van der Waals surface area contributed by atoms with E-state index < -0.39 is 0 Å². The summed E-state index contributed by atoms with van der Waals surface area (Å²) in [4.78, 5) is 11.4. The van der Waals surface area contributed by atoms with Crippen LogP contribution in [0.5, 0.6) is 0 Å². The molecule has 0 heterocycles. The minimum Gasteiger partial charge on any atom is -0.300 e. The van der Waals surface area contributed by atoms with Gasteiger partial charge in [0.2, 0.25) is 0 Å². The predicted molar refractivity (Wildman–Crippen MR) is 85.7 cm³/mol. The Kier molecular flexibility index (Phi) is 6.58. The summed E-state index contributed by atoms with van der Waals surface area (Å²) >= 11 is 0. The lowest BCUT2D eigenvalue weighted by Gasteiger charge is -2.37. The van der Waals surface area contributed by atoms with Crippen molar-refractivity contribution in [1.82, 2.24) is 0 Å².